The number of carbonyl (C=O) groups excluding carboxylic acids is 2. The highest BCUT2D eigenvalue weighted by atomic mass is 32.2. The van der Waals surface area contributed by atoms with Gasteiger partial charge in [0.1, 0.15) is 0 Å². The van der Waals surface area contributed by atoms with Crippen LogP contribution in [0, 0.1) is 10.1 Å². The molecule has 1 aliphatic rings. The second-order valence-corrected chi connectivity index (χ2v) is 7.20. The van der Waals surface area contributed by atoms with Gasteiger partial charge in [-0.05, 0) is 48.0 Å². The second-order valence-electron chi connectivity index (χ2n) is 6.21. The molecule has 0 atom stereocenters. The number of hydrogen-bond donors (Lipinski definition) is 0. The average molecular weight is 450 g/mol. The van der Waals surface area contributed by atoms with Gasteiger partial charge in [-0.25, -0.2) is 0 Å². The summed E-state index contributed by atoms with van der Waals surface area (Å²) in [6.07, 6.45) is 1.45. The monoisotopic (exact) mass is 450 g/mol. The van der Waals surface area contributed by atoms with Crippen LogP contribution in [0.1, 0.15) is 18.1 Å². The number of amides is 2. The van der Waals surface area contributed by atoms with Crippen molar-refractivity contribution in [2.24, 2.45) is 0 Å². The summed E-state index contributed by atoms with van der Waals surface area (Å²) in [5.74, 6) is -0.582. The first kappa shape index (κ1) is 22.2. The van der Waals surface area contributed by atoms with E-state index in [-0.39, 0.29) is 35.2 Å². The number of ether oxygens (including phenoxy) is 2. The van der Waals surface area contributed by atoms with E-state index in [9.17, 15) is 28.5 Å². The Morgan fingerprint density at radius 2 is 1.87 bits per heavy atom. The normalized spacial score (nSPS) is 15.1. The van der Waals surface area contributed by atoms with Crippen LogP contribution in [0.25, 0.3) is 6.08 Å². The third kappa shape index (κ3) is 5.37. The van der Waals surface area contributed by atoms with E-state index in [2.05, 4.69) is 4.74 Å². The smallest absolute Gasteiger partial charge is 0.387 e. The molecule has 0 saturated carbocycles. The zero-order chi connectivity index (χ0) is 22.5. The van der Waals surface area contributed by atoms with Crippen LogP contribution in [0.2, 0.25) is 0 Å². The molecule has 2 amide bonds. The molecule has 0 radical (unpaired) electrons. The predicted molar refractivity (Wildman–Crippen MR) is 109 cm³/mol. The van der Waals surface area contributed by atoms with Crippen LogP contribution in [-0.4, -0.2) is 34.2 Å². The van der Waals surface area contributed by atoms with E-state index in [1.807, 2.05) is 0 Å². The van der Waals surface area contributed by atoms with Crippen LogP contribution >= 0.6 is 11.8 Å². The molecule has 0 aliphatic carbocycles. The summed E-state index contributed by atoms with van der Waals surface area (Å²) in [4.78, 5) is 36.3. The molecule has 0 N–H and O–H groups in total. The standard InChI is InChI=1S/C20H16F2N2O6S/c1-2-29-16-9-13(5-8-15(16)30-19(21)22)10-17-18(25)23(20(26)31-17)11-12-3-6-14(7-4-12)24(27)28/h3-10,19H,2,11H2,1H3/b17-10-. The Hall–Kier alpha value is -3.47. The lowest BCUT2D eigenvalue weighted by Crippen LogP contribution is -2.27. The largest absolute Gasteiger partial charge is 0.490 e. The topological polar surface area (TPSA) is 99.0 Å². The van der Waals surface area contributed by atoms with Gasteiger partial charge in [0.05, 0.1) is 23.0 Å². The van der Waals surface area contributed by atoms with E-state index in [4.69, 9.17) is 4.74 Å². The number of imide groups is 1. The quantitative estimate of drug-likeness (QED) is 0.323. The SMILES string of the molecule is CCOc1cc(/C=C2\SC(=O)N(Cc3ccc([N+](=O)[O-])cc3)C2=O)ccc1OC(F)F. The first-order chi connectivity index (χ1) is 14.8. The van der Waals surface area contributed by atoms with Gasteiger partial charge in [-0.2, -0.15) is 8.78 Å². The van der Waals surface area contributed by atoms with Crippen molar-refractivity contribution >= 4 is 34.7 Å². The highest BCUT2D eigenvalue weighted by Crippen LogP contribution is 2.35. The molecule has 1 saturated heterocycles. The average Bonchev–Trinajstić information content (AvgIpc) is 2.97. The number of alkyl halides is 2. The van der Waals surface area contributed by atoms with E-state index < -0.39 is 22.7 Å². The lowest BCUT2D eigenvalue weighted by molar-refractivity contribution is -0.384. The molecular weight excluding hydrogens is 434 g/mol. The Kier molecular flexibility index (Phi) is 6.85. The summed E-state index contributed by atoms with van der Waals surface area (Å²) in [5.41, 5.74) is 0.925. The summed E-state index contributed by atoms with van der Waals surface area (Å²) in [6, 6.07) is 9.73. The summed E-state index contributed by atoms with van der Waals surface area (Å²) in [5, 5.41) is 10.2. The molecule has 0 unspecified atom stereocenters. The number of nitro benzene ring substituents is 1. The molecule has 0 spiro atoms. The number of hydrogen-bond acceptors (Lipinski definition) is 7. The summed E-state index contributed by atoms with van der Waals surface area (Å²) < 4.78 is 34.8. The van der Waals surface area contributed by atoms with Gasteiger partial charge in [-0.3, -0.25) is 24.6 Å². The molecule has 0 bridgehead atoms. The van der Waals surface area contributed by atoms with Gasteiger partial charge < -0.3 is 9.47 Å². The highest BCUT2D eigenvalue weighted by Gasteiger charge is 2.35. The third-order valence-electron chi connectivity index (χ3n) is 4.14. The highest BCUT2D eigenvalue weighted by molar-refractivity contribution is 8.18. The van der Waals surface area contributed by atoms with Crippen molar-refractivity contribution in [2.75, 3.05) is 6.61 Å². The third-order valence-corrected chi connectivity index (χ3v) is 5.05. The van der Waals surface area contributed by atoms with Crippen molar-refractivity contribution in [3.05, 3.63) is 68.6 Å². The zero-order valence-corrected chi connectivity index (χ0v) is 16.9. The summed E-state index contributed by atoms with van der Waals surface area (Å²) in [6.45, 7) is -1.15. The maximum atomic E-state index is 12.7. The number of carbonyl (C=O) groups is 2. The zero-order valence-electron chi connectivity index (χ0n) is 16.1. The number of nitrogens with zero attached hydrogens (tertiary/aromatic N) is 2. The summed E-state index contributed by atoms with van der Waals surface area (Å²) >= 11 is 0.736. The minimum absolute atomic E-state index is 0.0363. The van der Waals surface area contributed by atoms with E-state index >= 15 is 0 Å². The second kappa shape index (κ2) is 9.56. The molecule has 3 rings (SSSR count). The maximum Gasteiger partial charge on any atom is 0.387 e. The Balaban J connectivity index is 1.79. The number of thioether (sulfide) groups is 1. The van der Waals surface area contributed by atoms with Crippen molar-refractivity contribution < 1.29 is 32.8 Å². The molecule has 1 heterocycles. The lowest BCUT2D eigenvalue weighted by Gasteiger charge is -2.12. The molecular formula is C20H16F2N2O6S. The first-order valence-corrected chi connectivity index (χ1v) is 9.80. The van der Waals surface area contributed by atoms with E-state index in [0.29, 0.717) is 11.1 Å². The van der Waals surface area contributed by atoms with Crippen LogP contribution in [-0.2, 0) is 11.3 Å². The number of halogens is 2. The van der Waals surface area contributed by atoms with E-state index in [1.165, 1.54) is 48.5 Å². The van der Waals surface area contributed by atoms with Crippen LogP contribution < -0.4 is 9.47 Å². The van der Waals surface area contributed by atoms with Gasteiger partial charge in [-0.1, -0.05) is 18.2 Å². The molecule has 8 nitrogen and oxygen atoms in total. The predicted octanol–water partition coefficient (Wildman–Crippen LogP) is 4.83. The number of nitro groups is 1. The maximum absolute atomic E-state index is 12.7. The van der Waals surface area contributed by atoms with Gasteiger partial charge in [-0.15, -0.1) is 0 Å². The Morgan fingerprint density at radius 1 is 1.16 bits per heavy atom. The fraction of sp³-hybridized carbons (Fsp3) is 0.200. The van der Waals surface area contributed by atoms with Crippen molar-refractivity contribution in [2.45, 2.75) is 20.1 Å². The molecule has 1 aliphatic heterocycles. The van der Waals surface area contributed by atoms with Gasteiger partial charge in [0.15, 0.2) is 11.5 Å². The van der Waals surface area contributed by atoms with Crippen LogP contribution in [0.5, 0.6) is 11.5 Å². The van der Waals surface area contributed by atoms with Crippen LogP contribution in [0.4, 0.5) is 19.3 Å². The molecule has 0 aromatic heterocycles. The van der Waals surface area contributed by atoms with Crippen molar-refractivity contribution in [3.8, 4) is 11.5 Å². The Labute approximate surface area is 179 Å². The number of non-ortho nitro benzene ring substituents is 1. The van der Waals surface area contributed by atoms with Crippen molar-refractivity contribution in [3.63, 3.8) is 0 Å². The Morgan fingerprint density at radius 3 is 2.48 bits per heavy atom. The Bertz CT molecular complexity index is 1040. The van der Waals surface area contributed by atoms with Crippen molar-refractivity contribution in [1.82, 2.24) is 4.90 Å². The van der Waals surface area contributed by atoms with E-state index in [0.717, 1.165) is 16.7 Å². The number of rotatable bonds is 8. The molecule has 11 heteroatoms. The number of benzene rings is 2. The molecule has 162 valence electrons. The fourth-order valence-electron chi connectivity index (χ4n) is 2.77. The molecule has 31 heavy (non-hydrogen) atoms. The van der Waals surface area contributed by atoms with Gasteiger partial charge in [0.25, 0.3) is 16.8 Å². The minimum Gasteiger partial charge on any atom is -0.490 e. The minimum atomic E-state index is -3.01. The molecule has 2 aromatic carbocycles. The fourth-order valence-corrected chi connectivity index (χ4v) is 3.61. The van der Waals surface area contributed by atoms with Gasteiger partial charge >= 0.3 is 6.61 Å². The van der Waals surface area contributed by atoms with Gasteiger partial charge in [0, 0.05) is 12.1 Å². The van der Waals surface area contributed by atoms with Crippen LogP contribution in [0.3, 0.4) is 0 Å². The van der Waals surface area contributed by atoms with E-state index in [1.54, 1.807) is 6.92 Å². The lowest BCUT2D eigenvalue weighted by atomic mass is 10.1. The van der Waals surface area contributed by atoms with Crippen molar-refractivity contribution in [1.29, 1.82) is 0 Å². The van der Waals surface area contributed by atoms with Crippen LogP contribution in [0.15, 0.2) is 47.4 Å². The summed E-state index contributed by atoms with van der Waals surface area (Å²) in [7, 11) is 0. The first-order valence-electron chi connectivity index (χ1n) is 8.99. The molecule has 1 fully saturated rings. The van der Waals surface area contributed by atoms with Gasteiger partial charge in [0.2, 0.25) is 0 Å². The molecule has 2 aromatic rings.